The van der Waals surface area contributed by atoms with E-state index in [9.17, 15) is 18.9 Å². The molecule has 0 spiro atoms. The third kappa shape index (κ3) is 9.84. The number of hydrogen-bond donors (Lipinski definition) is 0. The van der Waals surface area contributed by atoms with Crippen LogP contribution in [-0.4, -0.2) is 40.4 Å². The van der Waals surface area contributed by atoms with Crippen LogP contribution in [0.5, 0.6) is 11.5 Å². The van der Waals surface area contributed by atoms with Crippen molar-refractivity contribution in [1.82, 2.24) is 9.55 Å². The maximum absolute atomic E-state index is 14.7. The smallest absolute Gasteiger partial charge is 0.377 e. The molecule has 11 nitrogen and oxygen atoms in total. The van der Waals surface area contributed by atoms with Crippen molar-refractivity contribution in [2.24, 2.45) is 0 Å². The SMILES string of the molecule is CCCCCCCCCCCCCCCCOC(=O)[C@]1(C)CCc2c(C)c(OP(C)(=O)O[C@]3(CC)C(=O)OCc4c3cc3n(c4=O)Cc4c-3nc3ccccc3c4CC)c(C)c(C)c2O1. The Kier molecular flexibility index (Phi) is 15.3. The number of fused-ring (bicyclic) bond motifs is 6. The number of para-hydroxylation sites is 1. The molecule has 0 radical (unpaired) electrons. The van der Waals surface area contributed by atoms with Crippen LogP contribution in [-0.2, 0) is 59.7 Å². The van der Waals surface area contributed by atoms with Gasteiger partial charge in [0.05, 0.1) is 35.6 Å². The molecule has 7 rings (SSSR count). The van der Waals surface area contributed by atoms with Crippen LogP contribution in [0, 0.1) is 20.8 Å². The van der Waals surface area contributed by atoms with Gasteiger partial charge in [-0.05, 0) is 87.8 Å². The van der Waals surface area contributed by atoms with E-state index in [1.54, 1.807) is 24.5 Å². The van der Waals surface area contributed by atoms with Crippen molar-refractivity contribution < 1.29 is 37.4 Å². The fourth-order valence-electron chi connectivity index (χ4n) is 10.3. The minimum Gasteiger partial charge on any atom is -0.475 e. The lowest BCUT2D eigenvalue weighted by Crippen LogP contribution is -2.46. The number of hydrogen-bond acceptors (Lipinski definition) is 10. The molecule has 4 aromatic rings. The first-order valence-electron chi connectivity index (χ1n) is 24.5. The van der Waals surface area contributed by atoms with Crippen molar-refractivity contribution in [1.29, 1.82) is 0 Å². The van der Waals surface area contributed by atoms with Gasteiger partial charge < -0.3 is 23.3 Å². The van der Waals surface area contributed by atoms with Crippen molar-refractivity contribution in [2.75, 3.05) is 13.3 Å². The number of cyclic esters (lactones) is 1. The molecule has 1 unspecified atom stereocenters. The van der Waals surface area contributed by atoms with E-state index >= 15 is 0 Å². The molecule has 3 atom stereocenters. The molecular formula is C53H71N2O9P. The molecule has 5 heterocycles. The number of aryl methyl sites for hydroxylation is 1. The predicted octanol–water partition coefficient (Wildman–Crippen LogP) is 12.6. The quantitative estimate of drug-likeness (QED) is 0.0375. The standard InChI is InChI=1S/C53H71N2O9P/c1-9-12-13-14-15-16-17-18-19-20-21-22-23-26-31-60-50(57)52(7)30-29-39-37(6)47(35(4)36(5)48(39)62-52)63-65(8,59)64-53(11-3)43-32-45-46-41(33-55(45)49(56)42(43)34-61-51(53)58)38(10-2)40-27-24-25-28-44(40)54-46/h24-25,27-28,32H,9-23,26,29-31,33-34H2,1-8H3/t52-,53-,65?/m0/s1. The van der Waals surface area contributed by atoms with Crippen molar-refractivity contribution in [3.63, 3.8) is 0 Å². The van der Waals surface area contributed by atoms with Crippen LogP contribution in [0.3, 0.4) is 0 Å². The lowest BCUT2D eigenvalue weighted by molar-refractivity contribution is -0.169. The second kappa shape index (κ2) is 20.6. The Balaban J connectivity index is 1.01. The first kappa shape index (κ1) is 48.5. The fourth-order valence-corrected chi connectivity index (χ4v) is 11.8. The van der Waals surface area contributed by atoms with E-state index in [0.717, 1.165) is 58.8 Å². The van der Waals surface area contributed by atoms with Crippen molar-refractivity contribution in [2.45, 2.75) is 188 Å². The topological polar surface area (TPSA) is 132 Å². The number of aromatic nitrogens is 2. The van der Waals surface area contributed by atoms with E-state index in [2.05, 4.69) is 19.9 Å². The molecule has 0 N–H and O–H groups in total. The van der Waals surface area contributed by atoms with Gasteiger partial charge in [-0.2, -0.15) is 0 Å². The molecule has 0 fully saturated rings. The van der Waals surface area contributed by atoms with E-state index in [0.29, 0.717) is 65.6 Å². The summed E-state index contributed by atoms with van der Waals surface area (Å²) in [5.74, 6) is -0.145. The summed E-state index contributed by atoms with van der Waals surface area (Å²) < 4.78 is 47.2. The molecule has 0 amide bonds. The number of benzene rings is 2. The lowest BCUT2D eigenvalue weighted by Gasteiger charge is -2.38. The summed E-state index contributed by atoms with van der Waals surface area (Å²) in [6.07, 6.45) is 19.4. The molecule has 2 aromatic carbocycles. The number of pyridine rings is 2. The van der Waals surface area contributed by atoms with Crippen LogP contribution in [0.25, 0.3) is 22.3 Å². The fraction of sp³-hybridized carbons (Fsp3) is 0.585. The molecule has 2 aromatic heterocycles. The highest BCUT2D eigenvalue weighted by atomic mass is 31.2. The summed E-state index contributed by atoms with van der Waals surface area (Å²) in [6, 6.07) is 9.74. The maximum atomic E-state index is 14.7. The Bertz CT molecular complexity index is 2530. The van der Waals surface area contributed by atoms with Gasteiger partial charge in [0.15, 0.2) is 0 Å². The summed E-state index contributed by atoms with van der Waals surface area (Å²) in [6.45, 7) is 15.3. The molecular weight excluding hydrogens is 840 g/mol. The molecule has 0 saturated carbocycles. The first-order valence-corrected chi connectivity index (χ1v) is 26.5. The van der Waals surface area contributed by atoms with Gasteiger partial charge in [-0.15, -0.1) is 0 Å². The summed E-state index contributed by atoms with van der Waals surface area (Å²) in [7, 11) is -4.13. The zero-order valence-corrected chi connectivity index (χ0v) is 41.1. The number of rotatable bonds is 22. The van der Waals surface area contributed by atoms with Crippen molar-refractivity contribution in [3.8, 4) is 22.9 Å². The average molecular weight is 911 g/mol. The second-order valence-corrected chi connectivity index (χ2v) is 20.8. The van der Waals surface area contributed by atoms with Crippen molar-refractivity contribution >= 4 is 30.4 Å². The van der Waals surface area contributed by atoms with E-state index in [1.807, 2.05) is 39.0 Å². The number of carbonyl (C=O) groups is 2. The molecule has 65 heavy (non-hydrogen) atoms. The van der Waals surface area contributed by atoms with Crippen molar-refractivity contribution in [3.05, 3.63) is 85.2 Å². The molecule has 12 heteroatoms. The van der Waals surface area contributed by atoms with Crippen LogP contribution in [0.2, 0.25) is 0 Å². The van der Waals surface area contributed by atoms with Crippen LogP contribution in [0.15, 0.2) is 35.1 Å². The Morgan fingerprint density at radius 2 is 1.49 bits per heavy atom. The van der Waals surface area contributed by atoms with E-state index in [4.69, 9.17) is 28.2 Å². The van der Waals surface area contributed by atoms with E-state index in [-0.39, 0.29) is 30.1 Å². The Labute approximate surface area is 385 Å². The highest BCUT2D eigenvalue weighted by Crippen LogP contribution is 2.56. The minimum atomic E-state index is -4.13. The lowest BCUT2D eigenvalue weighted by atomic mass is 9.86. The van der Waals surface area contributed by atoms with Gasteiger partial charge in [0.25, 0.3) is 5.56 Å². The van der Waals surface area contributed by atoms with E-state index < -0.39 is 24.8 Å². The summed E-state index contributed by atoms with van der Waals surface area (Å²) in [4.78, 5) is 46.8. The van der Waals surface area contributed by atoms with Crippen LogP contribution >= 0.6 is 7.60 Å². The average Bonchev–Trinajstić information content (AvgIpc) is 3.66. The van der Waals surface area contributed by atoms with E-state index in [1.165, 1.54) is 77.3 Å². The van der Waals surface area contributed by atoms with Gasteiger partial charge in [-0.3, -0.25) is 9.32 Å². The third-order valence-corrected chi connectivity index (χ3v) is 15.4. The summed E-state index contributed by atoms with van der Waals surface area (Å²) in [5, 5.41) is 1.05. The summed E-state index contributed by atoms with van der Waals surface area (Å²) >= 11 is 0. The van der Waals surface area contributed by atoms with Crippen LogP contribution < -0.4 is 14.8 Å². The Morgan fingerprint density at radius 3 is 2.14 bits per heavy atom. The van der Waals surface area contributed by atoms with Crippen LogP contribution in [0.4, 0.5) is 0 Å². The highest BCUT2D eigenvalue weighted by Gasteiger charge is 2.52. The zero-order valence-electron chi connectivity index (χ0n) is 40.3. The van der Waals surface area contributed by atoms with Gasteiger partial charge in [-0.25, -0.2) is 19.1 Å². The molecule has 3 aliphatic heterocycles. The molecule has 0 saturated heterocycles. The summed E-state index contributed by atoms with van der Waals surface area (Å²) in [5.41, 5.74) is 4.41. The number of nitrogens with zero attached hydrogens (tertiary/aromatic N) is 2. The zero-order chi connectivity index (χ0) is 46.5. The monoisotopic (exact) mass is 910 g/mol. The number of ether oxygens (including phenoxy) is 3. The van der Waals surface area contributed by atoms with Gasteiger partial charge in [0, 0.05) is 35.2 Å². The van der Waals surface area contributed by atoms with Gasteiger partial charge in [0.1, 0.15) is 18.1 Å². The van der Waals surface area contributed by atoms with Gasteiger partial charge >= 0.3 is 19.5 Å². The number of esters is 2. The molecule has 0 bridgehead atoms. The first-order chi connectivity index (χ1) is 31.2. The van der Waals surface area contributed by atoms with Gasteiger partial charge in [0.2, 0.25) is 11.2 Å². The largest absolute Gasteiger partial charge is 0.475 e. The number of carbonyl (C=O) groups excluding carboxylic acids is 2. The molecule has 0 aliphatic carbocycles. The minimum absolute atomic E-state index is 0.0320. The normalized spacial score (nSPS) is 19.4. The van der Waals surface area contributed by atoms with Gasteiger partial charge in [-0.1, -0.05) is 122 Å². The Morgan fingerprint density at radius 1 is 0.846 bits per heavy atom. The molecule has 3 aliphatic rings. The predicted molar refractivity (Wildman–Crippen MR) is 256 cm³/mol. The van der Waals surface area contributed by atoms with Crippen LogP contribution in [0.1, 0.15) is 175 Å². The molecule has 352 valence electrons. The highest BCUT2D eigenvalue weighted by molar-refractivity contribution is 7.53. The Hall–Kier alpha value is -4.47. The number of unbranched alkanes of at least 4 members (excludes halogenated alkanes) is 13. The maximum Gasteiger partial charge on any atom is 0.377 e. The third-order valence-electron chi connectivity index (χ3n) is 14.3. The second-order valence-electron chi connectivity index (χ2n) is 18.9.